The first-order chi connectivity index (χ1) is 10.8. The SMILES string of the molecule is O=C(NCCCCCCNC(=O)C1=NCCO1)C1=NCCO1. The lowest BCUT2D eigenvalue weighted by Crippen LogP contribution is -2.32. The van der Waals surface area contributed by atoms with Gasteiger partial charge in [-0.25, -0.2) is 9.98 Å². The Morgan fingerprint density at radius 2 is 1.27 bits per heavy atom. The zero-order chi connectivity index (χ0) is 15.6. The largest absolute Gasteiger partial charge is 0.472 e. The molecule has 0 atom stereocenters. The van der Waals surface area contributed by atoms with Gasteiger partial charge in [-0.15, -0.1) is 0 Å². The molecule has 0 radical (unpaired) electrons. The van der Waals surface area contributed by atoms with E-state index in [1.807, 2.05) is 0 Å². The molecule has 0 fully saturated rings. The molecule has 0 saturated heterocycles. The highest BCUT2D eigenvalue weighted by atomic mass is 16.5. The maximum absolute atomic E-state index is 11.5. The Bertz CT molecular complexity index is 420. The number of unbranched alkanes of at least 4 members (excludes halogenated alkanes) is 3. The summed E-state index contributed by atoms with van der Waals surface area (Å²) in [6.45, 7) is 3.33. The zero-order valence-corrected chi connectivity index (χ0v) is 12.6. The van der Waals surface area contributed by atoms with Crippen molar-refractivity contribution in [2.45, 2.75) is 25.7 Å². The minimum absolute atomic E-state index is 0.194. The lowest BCUT2D eigenvalue weighted by atomic mass is 10.2. The van der Waals surface area contributed by atoms with Crippen molar-refractivity contribution in [2.24, 2.45) is 9.98 Å². The number of aliphatic imine (C=N–C) groups is 2. The monoisotopic (exact) mass is 310 g/mol. The molecule has 2 N–H and O–H groups in total. The number of nitrogens with zero attached hydrogens (tertiary/aromatic N) is 2. The van der Waals surface area contributed by atoms with Crippen LogP contribution >= 0.6 is 0 Å². The van der Waals surface area contributed by atoms with Gasteiger partial charge in [0.25, 0.3) is 11.8 Å². The number of ether oxygens (including phenoxy) is 2. The molecule has 0 aromatic rings. The lowest BCUT2D eigenvalue weighted by Gasteiger charge is -2.06. The first-order valence-electron chi connectivity index (χ1n) is 7.68. The van der Waals surface area contributed by atoms with Crippen LogP contribution in [0.25, 0.3) is 0 Å². The van der Waals surface area contributed by atoms with Crippen molar-refractivity contribution in [3.05, 3.63) is 0 Å². The second kappa shape index (κ2) is 9.01. The third kappa shape index (κ3) is 5.34. The smallest absolute Gasteiger partial charge is 0.306 e. The molecule has 0 unspecified atom stereocenters. The number of hydrogen-bond acceptors (Lipinski definition) is 6. The molecule has 2 amide bonds. The van der Waals surface area contributed by atoms with Gasteiger partial charge in [-0.2, -0.15) is 0 Å². The second-order valence-electron chi connectivity index (χ2n) is 5.00. The molecule has 0 aromatic carbocycles. The highest BCUT2D eigenvalue weighted by molar-refractivity contribution is 6.35. The molecule has 22 heavy (non-hydrogen) atoms. The average molecular weight is 310 g/mol. The Morgan fingerprint density at radius 3 is 1.64 bits per heavy atom. The van der Waals surface area contributed by atoms with Crippen molar-refractivity contribution in [3.8, 4) is 0 Å². The van der Waals surface area contributed by atoms with Gasteiger partial charge in [0.1, 0.15) is 13.2 Å². The van der Waals surface area contributed by atoms with E-state index in [4.69, 9.17) is 9.47 Å². The van der Waals surface area contributed by atoms with Gasteiger partial charge in [-0.05, 0) is 12.8 Å². The Labute approximate surface area is 129 Å². The molecule has 2 heterocycles. The first kappa shape index (κ1) is 16.3. The van der Waals surface area contributed by atoms with Crippen LogP contribution in [0.5, 0.6) is 0 Å². The number of hydrogen-bond donors (Lipinski definition) is 2. The standard InChI is InChI=1S/C14H22N4O4/c19-11(13-17-7-9-21-13)15-5-3-1-2-4-6-16-12(20)14-18-8-10-22-14/h1-10H2,(H,15,19)(H,16,20). The molecule has 0 bridgehead atoms. The van der Waals surface area contributed by atoms with Crippen molar-refractivity contribution >= 4 is 23.6 Å². The van der Waals surface area contributed by atoms with Crippen LogP contribution in [0.3, 0.4) is 0 Å². The van der Waals surface area contributed by atoms with E-state index in [0.29, 0.717) is 39.4 Å². The van der Waals surface area contributed by atoms with E-state index >= 15 is 0 Å². The van der Waals surface area contributed by atoms with Gasteiger partial charge in [0.05, 0.1) is 13.1 Å². The van der Waals surface area contributed by atoms with Crippen LogP contribution < -0.4 is 10.6 Å². The van der Waals surface area contributed by atoms with Gasteiger partial charge in [-0.1, -0.05) is 12.8 Å². The summed E-state index contributed by atoms with van der Waals surface area (Å²) in [7, 11) is 0. The van der Waals surface area contributed by atoms with E-state index in [2.05, 4.69) is 20.6 Å². The first-order valence-corrected chi connectivity index (χ1v) is 7.68. The fourth-order valence-electron chi connectivity index (χ4n) is 2.10. The summed E-state index contributed by atoms with van der Waals surface area (Å²) in [4.78, 5) is 31.0. The topological polar surface area (TPSA) is 101 Å². The molecule has 0 spiro atoms. The number of rotatable bonds is 9. The predicted octanol–water partition coefficient (Wildman–Crippen LogP) is -0.363. The predicted molar refractivity (Wildman–Crippen MR) is 81.0 cm³/mol. The Kier molecular flexibility index (Phi) is 6.66. The molecule has 8 nitrogen and oxygen atoms in total. The minimum Gasteiger partial charge on any atom is -0.472 e. The van der Waals surface area contributed by atoms with Gasteiger partial charge >= 0.3 is 11.8 Å². The Balaban J connectivity index is 1.41. The molecular weight excluding hydrogens is 288 g/mol. The van der Waals surface area contributed by atoms with E-state index in [0.717, 1.165) is 25.7 Å². The van der Waals surface area contributed by atoms with Crippen LogP contribution in [0.15, 0.2) is 9.98 Å². The lowest BCUT2D eigenvalue weighted by molar-refractivity contribution is -0.116. The van der Waals surface area contributed by atoms with E-state index in [1.54, 1.807) is 0 Å². The summed E-state index contributed by atoms with van der Waals surface area (Å²) < 4.78 is 10.1. The van der Waals surface area contributed by atoms with E-state index in [-0.39, 0.29) is 23.6 Å². The van der Waals surface area contributed by atoms with Crippen molar-refractivity contribution in [1.82, 2.24) is 10.6 Å². The van der Waals surface area contributed by atoms with E-state index in [9.17, 15) is 9.59 Å². The van der Waals surface area contributed by atoms with Crippen LogP contribution in [0.1, 0.15) is 25.7 Å². The van der Waals surface area contributed by atoms with Gasteiger partial charge in [0, 0.05) is 13.1 Å². The molecule has 0 aromatic heterocycles. The van der Waals surface area contributed by atoms with Crippen LogP contribution in [-0.4, -0.2) is 63.0 Å². The van der Waals surface area contributed by atoms with Gasteiger partial charge < -0.3 is 20.1 Å². The summed E-state index contributed by atoms with van der Waals surface area (Å²) >= 11 is 0. The average Bonchev–Trinajstić information content (AvgIpc) is 3.22. The number of nitrogens with one attached hydrogen (secondary N) is 2. The highest BCUT2D eigenvalue weighted by Gasteiger charge is 2.16. The van der Waals surface area contributed by atoms with Crippen LogP contribution in [0, 0.1) is 0 Å². The van der Waals surface area contributed by atoms with Crippen molar-refractivity contribution < 1.29 is 19.1 Å². The molecule has 0 aliphatic carbocycles. The number of carbonyl (C=O) groups is 2. The summed E-state index contributed by atoms with van der Waals surface area (Å²) in [5.74, 6) is -0.0799. The molecule has 2 aliphatic heterocycles. The normalized spacial score (nSPS) is 16.4. The Hall–Kier alpha value is -2.12. The quantitative estimate of drug-likeness (QED) is 0.568. The second-order valence-corrected chi connectivity index (χ2v) is 5.00. The van der Waals surface area contributed by atoms with Crippen LogP contribution in [-0.2, 0) is 19.1 Å². The fourth-order valence-corrected chi connectivity index (χ4v) is 2.10. The van der Waals surface area contributed by atoms with Gasteiger partial charge in [-0.3, -0.25) is 9.59 Å². The summed E-state index contributed by atoms with van der Waals surface area (Å²) in [6, 6.07) is 0. The third-order valence-corrected chi connectivity index (χ3v) is 3.23. The Morgan fingerprint density at radius 1 is 0.818 bits per heavy atom. The highest BCUT2D eigenvalue weighted by Crippen LogP contribution is 1.99. The minimum atomic E-state index is -0.234. The maximum atomic E-state index is 11.5. The summed E-state index contributed by atoms with van der Waals surface area (Å²) in [5, 5.41) is 5.55. The van der Waals surface area contributed by atoms with Gasteiger partial charge in [0.15, 0.2) is 0 Å². The number of carbonyl (C=O) groups excluding carboxylic acids is 2. The maximum Gasteiger partial charge on any atom is 0.306 e. The van der Waals surface area contributed by atoms with Crippen molar-refractivity contribution in [1.29, 1.82) is 0 Å². The molecule has 0 saturated carbocycles. The van der Waals surface area contributed by atoms with E-state index < -0.39 is 0 Å². The molecule has 8 heteroatoms. The summed E-state index contributed by atoms with van der Waals surface area (Å²) in [5.41, 5.74) is 0. The summed E-state index contributed by atoms with van der Waals surface area (Å²) in [6.07, 6.45) is 3.76. The molecule has 2 rings (SSSR count). The third-order valence-electron chi connectivity index (χ3n) is 3.23. The molecule has 2 aliphatic rings. The van der Waals surface area contributed by atoms with E-state index in [1.165, 1.54) is 0 Å². The van der Waals surface area contributed by atoms with Gasteiger partial charge in [0.2, 0.25) is 0 Å². The molecule has 122 valence electrons. The number of amides is 2. The van der Waals surface area contributed by atoms with Crippen LogP contribution in [0.4, 0.5) is 0 Å². The molecular formula is C14H22N4O4. The van der Waals surface area contributed by atoms with Crippen LogP contribution in [0.2, 0.25) is 0 Å². The van der Waals surface area contributed by atoms with Crippen molar-refractivity contribution in [3.63, 3.8) is 0 Å². The zero-order valence-electron chi connectivity index (χ0n) is 12.6. The fraction of sp³-hybridized carbons (Fsp3) is 0.714. The van der Waals surface area contributed by atoms with Crippen molar-refractivity contribution in [2.75, 3.05) is 39.4 Å².